The van der Waals surface area contributed by atoms with Crippen LogP contribution in [0.1, 0.15) is 136 Å². The maximum absolute atomic E-state index is 12.7. The van der Waals surface area contributed by atoms with Crippen molar-refractivity contribution in [3.63, 3.8) is 0 Å². The number of rotatable bonds is 33. The highest BCUT2D eigenvalue weighted by Crippen LogP contribution is 2.11. The molecule has 1 unspecified atom stereocenters. The Morgan fingerprint density at radius 1 is 0.396 bits per heavy atom. The van der Waals surface area contributed by atoms with Crippen molar-refractivity contribution in [3.05, 3.63) is 122 Å². The maximum atomic E-state index is 12.7. The zero-order chi connectivity index (χ0) is 38.7. The fraction of sp³-hybridized carbons (Fsp3) is 0.511. The van der Waals surface area contributed by atoms with Gasteiger partial charge in [-0.05, 0) is 77.0 Å². The monoisotopic (exact) mass is 731 g/mol. The lowest BCUT2D eigenvalue weighted by molar-refractivity contribution is -0.167. The Bertz CT molecular complexity index is 1210. The van der Waals surface area contributed by atoms with Crippen molar-refractivity contribution < 1.29 is 28.6 Å². The van der Waals surface area contributed by atoms with Crippen LogP contribution in [0.15, 0.2) is 122 Å². The Kier molecular flexibility index (Phi) is 37.4. The van der Waals surface area contributed by atoms with Crippen molar-refractivity contribution in [3.8, 4) is 0 Å². The molecule has 0 aromatic heterocycles. The molecular formula is C47H70O6. The Morgan fingerprint density at radius 2 is 0.792 bits per heavy atom. The molecule has 0 heterocycles. The highest BCUT2D eigenvalue weighted by molar-refractivity contribution is 5.71. The molecule has 1 atom stereocenters. The van der Waals surface area contributed by atoms with Gasteiger partial charge in [-0.1, -0.05) is 162 Å². The summed E-state index contributed by atoms with van der Waals surface area (Å²) in [7, 11) is 0. The van der Waals surface area contributed by atoms with E-state index in [1.54, 1.807) is 0 Å². The smallest absolute Gasteiger partial charge is 0.306 e. The van der Waals surface area contributed by atoms with Crippen LogP contribution >= 0.6 is 0 Å². The van der Waals surface area contributed by atoms with Gasteiger partial charge >= 0.3 is 17.9 Å². The minimum Gasteiger partial charge on any atom is -0.462 e. The van der Waals surface area contributed by atoms with Crippen LogP contribution in [-0.2, 0) is 28.6 Å². The number of hydrogen-bond donors (Lipinski definition) is 0. The molecule has 0 aliphatic carbocycles. The van der Waals surface area contributed by atoms with Gasteiger partial charge in [0.15, 0.2) is 6.10 Å². The minimum atomic E-state index is -0.830. The number of esters is 3. The van der Waals surface area contributed by atoms with E-state index in [0.717, 1.165) is 83.5 Å². The lowest BCUT2D eigenvalue weighted by Crippen LogP contribution is -2.30. The van der Waals surface area contributed by atoms with Crippen LogP contribution in [0, 0.1) is 0 Å². The van der Waals surface area contributed by atoms with Crippen molar-refractivity contribution in [1.82, 2.24) is 0 Å². The summed E-state index contributed by atoms with van der Waals surface area (Å²) in [6.07, 6.45) is 54.9. The van der Waals surface area contributed by atoms with Gasteiger partial charge in [-0.2, -0.15) is 0 Å². The largest absolute Gasteiger partial charge is 0.462 e. The van der Waals surface area contributed by atoms with Crippen LogP contribution in [0.25, 0.3) is 0 Å². The zero-order valence-electron chi connectivity index (χ0n) is 33.2. The van der Waals surface area contributed by atoms with E-state index in [1.165, 1.54) is 0 Å². The summed E-state index contributed by atoms with van der Waals surface area (Å²) < 4.78 is 16.5. The number of allylic oxidation sites excluding steroid dienone is 20. The summed E-state index contributed by atoms with van der Waals surface area (Å²) in [4.78, 5) is 37.5. The van der Waals surface area contributed by atoms with Gasteiger partial charge in [0.1, 0.15) is 13.2 Å². The van der Waals surface area contributed by atoms with Gasteiger partial charge in [0.05, 0.1) is 0 Å². The van der Waals surface area contributed by atoms with E-state index in [1.807, 2.05) is 66.8 Å². The van der Waals surface area contributed by atoms with Crippen molar-refractivity contribution >= 4 is 17.9 Å². The fourth-order valence-corrected chi connectivity index (χ4v) is 4.68. The molecule has 0 saturated carbocycles. The first-order valence-electron chi connectivity index (χ1n) is 20.1. The molecule has 53 heavy (non-hydrogen) atoms. The molecule has 0 saturated heterocycles. The van der Waals surface area contributed by atoms with Gasteiger partial charge in [0.25, 0.3) is 0 Å². The number of carbonyl (C=O) groups is 3. The first-order chi connectivity index (χ1) is 26.0. The summed E-state index contributed by atoms with van der Waals surface area (Å²) in [5.41, 5.74) is 0. The topological polar surface area (TPSA) is 78.9 Å². The molecule has 0 fully saturated rings. The molecule has 6 heteroatoms. The molecule has 0 rings (SSSR count). The van der Waals surface area contributed by atoms with Crippen molar-refractivity contribution in [2.24, 2.45) is 0 Å². The molecule has 0 aliphatic heterocycles. The standard InChI is InChI=1S/C47H70O6/c1-4-7-10-13-16-19-21-23-25-28-31-34-37-40-46(49)52-43-44(42-51-45(48)39-36-33-30-27-18-15-12-9-6-3)53-47(50)41-38-35-32-29-26-24-22-20-17-14-11-8-5-2/h7-14,16-23,25,27-28,31,44H,4-6,15,24,26,29-30,32-43H2,1-3H3/b10-7-,11-8-,12-9-,16-13-,17-14-,21-19-,22-20-,25-23-,27-18-,31-28-. The second-order valence-electron chi connectivity index (χ2n) is 12.6. The lowest BCUT2D eigenvalue weighted by Gasteiger charge is -2.18. The summed E-state index contributed by atoms with van der Waals surface area (Å²) in [6.45, 7) is 6.06. The van der Waals surface area contributed by atoms with Crippen LogP contribution in [0.2, 0.25) is 0 Å². The van der Waals surface area contributed by atoms with E-state index >= 15 is 0 Å². The predicted molar refractivity (Wildman–Crippen MR) is 223 cm³/mol. The average molecular weight is 731 g/mol. The summed E-state index contributed by atoms with van der Waals surface area (Å²) >= 11 is 0. The number of ether oxygens (including phenoxy) is 3. The van der Waals surface area contributed by atoms with Crippen molar-refractivity contribution in [1.29, 1.82) is 0 Å². The highest BCUT2D eigenvalue weighted by Gasteiger charge is 2.19. The van der Waals surface area contributed by atoms with Crippen LogP contribution in [-0.4, -0.2) is 37.2 Å². The molecule has 0 aliphatic rings. The van der Waals surface area contributed by atoms with Gasteiger partial charge in [-0.3, -0.25) is 14.4 Å². The fourth-order valence-electron chi connectivity index (χ4n) is 4.68. The predicted octanol–water partition coefficient (Wildman–Crippen LogP) is 12.6. The third-order valence-electron chi connectivity index (χ3n) is 7.63. The van der Waals surface area contributed by atoms with E-state index < -0.39 is 6.10 Å². The summed E-state index contributed by atoms with van der Waals surface area (Å²) in [5.74, 6) is -1.08. The third kappa shape index (κ3) is 38.9. The Balaban J connectivity index is 4.61. The summed E-state index contributed by atoms with van der Waals surface area (Å²) in [6, 6.07) is 0. The Labute approximate surface area is 322 Å². The molecule has 0 radical (unpaired) electrons. The second-order valence-corrected chi connectivity index (χ2v) is 12.6. The molecule has 6 nitrogen and oxygen atoms in total. The molecule has 294 valence electrons. The highest BCUT2D eigenvalue weighted by atomic mass is 16.6. The maximum Gasteiger partial charge on any atom is 0.306 e. The molecule has 0 bridgehead atoms. The van der Waals surface area contributed by atoms with Gasteiger partial charge in [0, 0.05) is 19.3 Å². The van der Waals surface area contributed by atoms with E-state index in [4.69, 9.17) is 14.2 Å². The van der Waals surface area contributed by atoms with Gasteiger partial charge in [-0.15, -0.1) is 0 Å². The van der Waals surface area contributed by atoms with Gasteiger partial charge in [0.2, 0.25) is 0 Å². The van der Waals surface area contributed by atoms with E-state index in [-0.39, 0.29) is 44.0 Å². The second kappa shape index (κ2) is 40.6. The van der Waals surface area contributed by atoms with Crippen LogP contribution in [0.3, 0.4) is 0 Å². The van der Waals surface area contributed by atoms with Crippen molar-refractivity contribution in [2.75, 3.05) is 13.2 Å². The van der Waals surface area contributed by atoms with Crippen molar-refractivity contribution in [2.45, 2.75) is 142 Å². The van der Waals surface area contributed by atoms with Crippen LogP contribution in [0.5, 0.6) is 0 Å². The third-order valence-corrected chi connectivity index (χ3v) is 7.63. The molecule has 0 amide bonds. The Morgan fingerprint density at radius 3 is 1.38 bits per heavy atom. The Hall–Kier alpha value is -4.19. The molecule has 0 aromatic rings. The van der Waals surface area contributed by atoms with Gasteiger partial charge in [-0.25, -0.2) is 0 Å². The van der Waals surface area contributed by atoms with Gasteiger partial charge < -0.3 is 14.2 Å². The summed E-state index contributed by atoms with van der Waals surface area (Å²) in [5, 5.41) is 0. The normalized spacial score (nSPS) is 13.3. The number of unbranched alkanes of at least 4 members (excludes halogenated alkanes) is 8. The minimum absolute atomic E-state index is 0.131. The molecular weight excluding hydrogens is 661 g/mol. The average Bonchev–Trinajstić information content (AvgIpc) is 3.15. The van der Waals surface area contributed by atoms with Crippen LogP contribution in [0.4, 0.5) is 0 Å². The number of carbonyl (C=O) groups excluding carboxylic acids is 3. The first kappa shape index (κ1) is 48.8. The molecule has 0 aromatic carbocycles. The zero-order valence-corrected chi connectivity index (χ0v) is 33.2. The van der Waals surface area contributed by atoms with E-state index in [2.05, 4.69) is 75.5 Å². The SMILES string of the molecule is CC\C=C/C=C\C=C/C=C\C=C/CCCC(=O)OCC(COC(=O)CCCC/C=C\C/C=C\CC)OC(=O)CCCCCCC\C=C/C=C\C=C/CC. The number of hydrogen-bond acceptors (Lipinski definition) is 6. The molecule has 0 spiro atoms. The lowest BCUT2D eigenvalue weighted by atomic mass is 10.1. The first-order valence-corrected chi connectivity index (χ1v) is 20.1. The quantitative estimate of drug-likeness (QED) is 0.0220. The van der Waals surface area contributed by atoms with E-state index in [9.17, 15) is 14.4 Å². The van der Waals surface area contributed by atoms with E-state index in [0.29, 0.717) is 19.3 Å². The molecule has 0 N–H and O–H groups in total. The van der Waals surface area contributed by atoms with Crippen LogP contribution < -0.4 is 0 Å².